The monoisotopic (exact) mass is 202 g/mol. The highest BCUT2D eigenvalue weighted by atomic mass is 28.4. The number of unbranched alkanes of at least 4 members (excludes halogenated alkanes) is 1. The van der Waals surface area contributed by atoms with Crippen LogP contribution in [0.3, 0.4) is 0 Å². The van der Waals surface area contributed by atoms with Crippen LogP contribution in [0.5, 0.6) is 0 Å². The summed E-state index contributed by atoms with van der Waals surface area (Å²) in [6.45, 7) is 6.32. The summed E-state index contributed by atoms with van der Waals surface area (Å²) in [4.78, 5) is 10.1. The van der Waals surface area contributed by atoms with E-state index in [1.807, 2.05) is 0 Å². The Kier molecular flexibility index (Phi) is 5.46. The molecule has 0 aliphatic rings. The van der Waals surface area contributed by atoms with Crippen LogP contribution in [-0.2, 0) is 9.22 Å². The van der Waals surface area contributed by atoms with Crippen LogP contribution in [-0.4, -0.2) is 19.4 Å². The zero-order valence-corrected chi connectivity index (χ0v) is 9.54. The Hall–Kier alpha value is -0.773. The second-order valence-corrected chi connectivity index (χ2v) is 7.88. The molecule has 0 fully saturated rings. The molecule has 4 heteroatoms. The minimum absolute atomic E-state index is 0.958. The smallest absolute Gasteiger partial charge is 0.331 e. The van der Waals surface area contributed by atoms with Gasteiger partial charge >= 0.3 is 5.97 Å². The minimum Gasteiger partial charge on any atom is -0.549 e. The third-order valence-corrected chi connectivity index (χ3v) is 4.06. The first-order valence-electron chi connectivity index (χ1n) is 4.55. The lowest BCUT2D eigenvalue weighted by atomic mass is 10.4. The molecule has 0 aromatic heterocycles. The standard InChI is InChI=1S/C9H18O3Si/c1-4-5-8-13(2,3)12-7-6-9(10)11/h6-7H,4-5,8H2,1-3H3,(H,10,11). The quantitative estimate of drug-likeness (QED) is 0.409. The Morgan fingerprint density at radius 1 is 1.54 bits per heavy atom. The van der Waals surface area contributed by atoms with Crippen LogP contribution >= 0.6 is 0 Å². The predicted octanol–water partition coefficient (Wildman–Crippen LogP) is 2.61. The molecule has 0 aliphatic heterocycles. The first-order chi connectivity index (χ1) is 5.98. The molecule has 0 atom stereocenters. The molecule has 0 heterocycles. The Labute approximate surface area is 80.5 Å². The molecular weight excluding hydrogens is 184 g/mol. The predicted molar refractivity (Wildman–Crippen MR) is 55.1 cm³/mol. The van der Waals surface area contributed by atoms with Gasteiger partial charge in [0.2, 0.25) is 8.32 Å². The van der Waals surface area contributed by atoms with Crippen molar-refractivity contribution >= 4 is 14.3 Å². The fraction of sp³-hybridized carbons (Fsp3) is 0.667. The molecule has 0 saturated heterocycles. The molecule has 0 bridgehead atoms. The van der Waals surface area contributed by atoms with E-state index in [9.17, 15) is 4.79 Å². The second kappa shape index (κ2) is 5.80. The van der Waals surface area contributed by atoms with E-state index in [4.69, 9.17) is 9.53 Å². The van der Waals surface area contributed by atoms with Crippen molar-refractivity contribution in [1.82, 2.24) is 0 Å². The highest BCUT2D eigenvalue weighted by molar-refractivity contribution is 6.71. The van der Waals surface area contributed by atoms with E-state index in [0.717, 1.165) is 25.0 Å². The summed E-state index contributed by atoms with van der Waals surface area (Å²) in [6.07, 6.45) is 4.66. The molecular formula is C9H18O3Si. The summed E-state index contributed by atoms with van der Waals surface area (Å²) in [7, 11) is -1.64. The second-order valence-electron chi connectivity index (χ2n) is 3.62. The molecule has 76 valence electrons. The summed E-state index contributed by atoms with van der Waals surface area (Å²) in [5.41, 5.74) is 0. The van der Waals surface area contributed by atoms with Crippen molar-refractivity contribution in [3.8, 4) is 0 Å². The van der Waals surface area contributed by atoms with E-state index in [2.05, 4.69) is 20.0 Å². The highest BCUT2D eigenvalue weighted by Gasteiger charge is 2.21. The topological polar surface area (TPSA) is 46.5 Å². The summed E-state index contributed by atoms with van der Waals surface area (Å²) in [5.74, 6) is -0.958. The van der Waals surface area contributed by atoms with Gasteiger partial charge in [-0.05, 0) is 19.1 Å². The van der Waals surface area contributed by atoms with Gasteiger partial charge in [-0.3, -0.25) is 0 Å². The van der Waals surface area contributed by atoms with Gasteiger partial charge in [-0.15, -0.1) is 0 Å². The van der Waals surface area contributed by atoms with Crippen LogP contribution in [0.4, 0.5) is 0 Å². The van der Waals surface area contributed by atoms with Crippen molar-refractivity contribution in [3.05, 3.63) is 12.3 Å². The Bertz CT molecular complexity index is 187. The van der Waals surface area contributed by atoms with Crippen molar-refractivity contribution in [2.45, 2.75) is 38.9 Å². The van der Waals surface area contributed by atoms with Crippen LogP contribution in [0.1, 0.15) is 19.8 Å². The number of carboxylic acid groups (broad SMARTS) is 1. The van der Waals surface area contributed by atoms with Gasteiger partial charge in [0.1, 0.15) is 0 Å². The van der Waals surface area contributed by atoms with Crippen molar-refractivity contribution in [3.63, 3.8) is 0 Å². The van der Waals surface area contributed by atoms with Crippen LogP contribution < -0.4 is 0 Å². The van der Waals surface area contributed by atoms with E-state index in [-0.39, 0.29) is 0 Å². The first kappa shape index (κ1) is 12.2. The van der Waals surface area contributed by atoms with Crippen LogP contribution in [0.15, 0.2) is 12.3 Å². The van der Waals surface area contributed by atoms with E-state index in [1.54, 1.807) is 0 Å². The molecule has 1 N–H and O–H groups in total. The average molecular weight is 202 g/mol. The third kappa shape index (κ3) is 7.58. The zero-order chi connectivity index (χ0) is 10.3. The van der Waals surface area contributed by atoms with Gasteiger partial charge in [0.15, 0.2) is 0 Å². The maximum atomic E-state index is 10.1. The van der Waals surface area contributed by atoms with Crippen LogP contribution in [0.2, 0.25) is 19.1 Å². The van der Waals surface area contributed by atoms with E-state index in [1.165, 1.54) is 6.26 Å². The molecule has 0 spiro atoms. The molecule has 0 rings (SSSR count). The number of hydrogen-bond donors (Lipinski definition) is 1. The summed E-state index contributed by atoms with van der Waals surface area (Å²) in [6, 6.07) is 1.08. The number of hydrogen-bond acceptors (Lipinski definition) is 2. The fourth-order valence-electron chi connectivity index (χ4n) is 0.938. The molecule has 3 nitrogen and oxygen atoms in total. The summed E-state index contributed by atoms with van der Waals surface area (Å²) >= 11 is 0. The molecule has 0 aromatic carbocycles. The van der Waals surface area contributed by atoms with Gasteiger partial charge < -0.3 is 9.53 Å². The third-order valence-electron chi connectivity index (χ3n) is 1.73. The average Bonchev–Trinajstić information content (AvgIpc) is 2.00. The molecule has 0 amide bonds. The Balaban J connectivity index is 3.80. The molecule has 0 saturated carbocycles. The largest absolute Gasteiger partial charge is 0.549 e. The van der Waals surface area contributed by atoms with Gasteiger partial charge in [0, 0.05) is 0 Å². The summed E-state index contributed by atoms with van der Waals surface area (Å²) < 4.78 is 5.42. The summed E-state index contributed by atoms with van der Waals surface area (Å²) in [5, 5.41) is 8.34. The van der Waals surface area contributed by atoms with Gasteiger partial charge in [-0.2, -0.15) is 0 Å². The normalized spacial score (nSPS) is 11.9. The number of carbonyl (C=O) groups is 1. The van der Waals surface area contributed by atoms with Crippen molar-refractivity contribution in [2.24, 2.45) is 0 Å². The molecule has 0 aliphatic carbocycles. The van der Waals surface area contributed by atoms with Crippen LogP contribution in [0, 0.1) is 0 Å². The minimum atomic E-state index is -1.64. The lowest BCUT2D eigenvalue weighted by Crippen LogP contribution is -2.27. The van der Waals surface area contributed by atoms with Crippen molar-refractivity contribution < 1.29 is 14.3 Å². The fourth-order valence-corrected chi connectivity index (χ4v) is 2.70. The number of aliphatic carboxylic acids is 1. The lowest BCUT2D eigenvalue weighted by Gasteiger charge is -2.20. The van der Waals surface area contributed by atoms with Gasteiger partial charge in [0.25, 0.3) is 0 Å². The number of carboxylic acids is 1. The molecule has 0 aromatic rings. The van der Waals surface area contributed by atoms with Crippen molar-refractivity contribution in [1.29, 1.82) is 0 Å². The highest BCUT2D eigenvalue weighted by Crippen LogP contribution is 2.15. The van der Waals surface area contributed by atoms with Gasteiger partial charge in [-0.25, -0.2) is 4.79 Å². The zero-order valence-electron chi connectivity index (χ0n) is 8.54. The van der Waals surface area contributed by atoms with Crippen LogP contribution in [0.25, 0.3) is 0 Å². The first-order valence-corrected chi connectivity index (χ1v) is 7.67. The van der Waals surface area contributed by atoms with E-state index >= 15 is 0 Å². The van der Waals surface area contributed by atoms with Gasteiger partial charge in [0.05, 0.1) is 12.3 Å². The van der Waals surface area contributed by atoms with Crippen molar-refractivity contribution in [2.75, 3.05) is 0 Å². The molecule has 0 radical (unpaired) electrons. The maximum absolute atomic E-state index is 10.1. The van der Waals surface area contributed by atoms with E-state index in [0.29, 0.717) is 0 Å². The Morgan fingerprint density at radius 3 is 2.62 bits per heavy atom. The number of rotatable bonds is 6. The molecule has 13 heavy (non-hydrogen) atoms. The lowest BCUT2D eigenvalue weighted by molar-refractivity contribution is -0.131. The SMILES string of the molecule is CCCC[Si](C)(C)OC=CC(=O)O. The van der Waals surface area contributed by atoms with Gasteiger partial charge in [-0.1, -0.05) is 19.8 Å². The maximum Gasteiger partial charge on any atom is 0.331 e. The molecule has 0 unspecified atom stereocenters. The van der Waals surface area contributed by atoms with E-state index < -0.39 is 14.3 Å². The Morgan fingerprint density at radius 2 is 2.15 bits per heavy atom.